The summed E-state index contributed by atoms with van der Waals surface area (Å²) in [6.07, 6.45) is 0.510. The van der Waals surface area contributed by atoms with Gasteiger partial charge in [-0.05, 0) is 40.5 Å². The second kappa shape index (κ2) is 11.8. The lowest BCUT2D eigenvalue weighted by Crippen LogP contribution is -2.50. The molecule has 3 rings (SSSR count). The number of nitrogens with one attached hydrogen (secondary N) is 2. The predicted molar refractivity (Wildman–Crippen MR) is 132 cm³/mol. The molecule has 8 heteroatoms. The Morgan fingerprint density at radius 1 is 1.00 bits per heavy atom. The number of carbonyl (C=O) groups excluding carboxylic acids is 2. The Hall–Kier alpha value is -3.39. The third-order valence-corrected chi connectivity index (χ3v) is 6.40. The highest BCUT2D eigenvalue weighted by atomic mass is 16.5. The van der Waals surface area contributed by atoms with Crippen LogP contribution in [0.4, 0.5) is 4.79 Å². The number of ether oxygens (including phenoxy) is 2. The van der Waals surface area contributed by atoms with E-state index >= 15 is 0 Å². The summed E-state index contributed by atoms with van der Waals surface area (Å²) in [7, 11) is 1.45. The zero-order valence-electron chi connectivity index (χ0n) is 20.5. The van der Waals surface area contributed by atoms with E-state index in [1.165, 1.54) is 7.11 Å². The molecule has 0 bridgehead atoms. The first-order chi connectivity index (χ1) is 16.7. The van der Waals surface area contributed by atoms with Crippen molar-refractivity contribution >= 4 is 18.0 Å². The van der Waals surface area contributed by atoms with Crippen LogP contribution in [0.5, 0.6) is 0 Å². The zero-order valence-corrected chi connectivity index (χ0v) is 20.5. The van der Waals surface area contributed by atoms with E-state index in [-0.39, 0.29) is 36.9 Å². The highest BCUT2D eigenvalue weighted by Crippen LogP contribution is 2.44. The zero-order chi connectivity index (χ0) is 25.4. The van der Waals surface area contributed by atoms with Crippen molar-refractivity contribution in [2.45, 2.75) is 45.1 Å². The molecule has 188 valence electrons. The number of alkyl carbamates (subject to hydrolysis) is 1. The Morgan fingerprint density at radius 2 is 1.60 bits per heavy atom. The molecule has 2 aromatic rings. The molecule has 35 heavy (non-hydrogen) atoms. The molecule has 0 saturated heterocycles. The van der Waals surface area contributed by atoms with Crippen molar-refractivity contribution in [3.8, 4) is 11.1 Å². The van der Waals surface area contributed by atoms with Gasteiger partial charge in [-0.3, -0.25) is 9.59 Å². The van der Waals surface area contributed by atoms with Crippen LogP contribution in [0.2, 0.25) is 0 Å². The number of hydrogen-bond acceptors (Lipinski definition) is 5. The Balaban J connectivity index is 1.53. The van der Waals surface area contributed by atoms with Crippen LogP contribution in [-0.4, -0.2) is 56.0 Å². The normalized spacial score (nSPS) is 13.5. The van der Waals surface area contributed by atoms with Crippen LogP contribution in [0, 0.1) is 5.41 Å². The first-order valence-electron chi connectivity index (χ1n) is 11.8. The van der Waals surface area contributed by atoms with Crippen molar-refractivity contribution in [2.75, 3.05) is 26.9 Å². The smallest absolute Gasteiger partial charge is 0.407 e. The topological polar surface area (TPSA) is 114 Å². The largest absolute Gasteiger partial charge is 0.481 e. The molecular formula is C27H34N2O6. The summed E-state index contributed by atoms with van der Waals surface area (Å²) in [5.41, 5.74) is 4.26. The van der Waals surface area contributed by atoms with E-state index in [0.717, 1.165) is 22.3 Å². The summed E-state index contributed by atoms with van der Waals surface area (Å²) in [5, 5.41) is 14.3. The van der Waals surface area contributed by atoms with Gasteiger partial charge in [0.15, 0.2) is 0 Å². The number of hydrogen-bond donors (Lipinski definition) is 3. The van der Waals surface area contributed by atoms with Crippen LogP contribution in [0.15, 0.2) is 48.5 Å². The van der Waals surface area contributed by atoms with Gasteiger partial charge in [0.25, 0.3) is 0 Å². The molecule has 1 aliphatic carbocycles. The molecule has 0 fully saturated rings. The maximum absolute atomic E-state index is 12.7. The molecular weight excluding hydrogens is 448 g/mol. The number of methoxy groups -OCH3 is 1. The molecule has 0 heterocycles. The number of carboxylic acids is 1. The van der Waals surface area contributed by atoms with Crippen LogP contribution in [0.1, 0.15) is 50.2 Å². The summed E-state index contributed by atoms with van der Waals surface area (Å²) in [6.45, 7) is 4.43. The number of carbonyl (C=O) groups is 3. The van der Waals surface area contributed by atoms with E-state index in [0.29, 0.717) is 19.4 Å². The molecule has 1 atom stereocenters. The Labute approximate surface area is 206 Å². The SMILES string of the molecule is COCC(NC(=O)OCC1c2ccccc2-c2ccccc21)C(=O)NCCC(C)(C)CCC(=O)O. The summed E-state index contributed by atoms with van der Waals surface area (Å²) in [5.74, 6) is -1.29. The monoisotopic (exact) mass is 482 g/mol. The number of aliphatic carboxylic acids is 1. The fourth-order valence-electron chi connectivity index (χ4n) is 4.35. The lowest BCUT2D eigenvalue weighted by atomic mass is 9.84. The third kappa shape index (κ3) is 7.05. The fraction of sp³-hybridized carbons (Fsp3) is 0.444. The number of benzene rings is 2. The van der Waals surface area contributed by atoms with Gasteiger partial charge in [-0.1, -0.05) is 62.4 Å². The van der Waals surface area contributed by atoms with Gasteiger partial charge in [0.2, 0.25) is 5.91 Å². The van der Waals surface area contributed by atoms with Crippen LogP contribution >= 0.6 is 0 Å². The highest BCUT2D eigenvalue weighted by molar-refractivity contribution is 5.86. The number of rotatable bonds is 12. The van der Waals surface area contributed by atoms with E-state index in [4.69, 9.17) is 14.6 Å². The van der Waals surface area contributed by atoms with Crippen LogP contribution in [0.3, 0.4) is 0 Å². The van der Waals surface area contributed by atoms with Crippen LogP contribution < -0.4 is 10.6 Å². The van der Waals surface area contributed by atoms with E-state index in [1.54, 1.807) is 0 Å². The first kappa shape index (κ1) is 26.2. The quantitative estimate of drug-likeness (QED) is 0.422. The summed E-state index contributed by atoms with van der Waals surface area (Å²) in [4.78, 5) is 36.0. The summed E-state index contributed by atoms with van der Waals surface area (Å²) >= 11 is 0. The van der Waals surface area contributed by atoms with Crippen molar-refractivity contribution < 1.29 is 29.0 Å². The minimum atomic E-state index is -0.905. The van der Waals surface area contributed by atoms with Gasteiger partial charge in [0, 0.05) is 26.0 Å². The molecule has 8 nitrogen and oxygen atoms in total. The minimum absolute atomic E-state index is 0.00155. The molecule has 0 aliphatic heterocycles. The van der Waals surface area contributed by atoms with Gasteiger partial charge in [0.1, 0.15) is 12.6 Å². The van der Waals surface area contributed by atoms with Gasteiger partial charge in [-0.25, -0.2) is 4.79 Å². The number of carboxylic acid groups (broad SMARTS) is 1. The van der Waals surface area contributed by atoms with Gasteiger partial charge in [0.05, 0.1) is 6.61 Å². The second-order valence-electron chi connectivity index (χ2n) is 9.58. The van der Waals surface area contributed by atoms with E-state index in [1.807, 2.05) is 50.2 Å². The highest BCUT2D eigenvalue weighted by Gasteiger charge is 2.30. The Kier molecular flexibility index (Phi) is 8.87. The number of fused-ring (bicyclic) bond motifs is 3. The molecule has 2 aromatic carbocycles. The standard InChI is InChI=1S/C27H34N2O6/c1-27(2,13-12-24(30)31)14-15-28-25(32)23(17-34-3)29-26(33)35-16-22-20-10-6-4-8-18(20)19-9-5-7-11-21(19)22/h4-11,22-23H,12-17H2,1-3H3,(H,28,32)(H,29,33)(H,30,31). The minimum Gasteiger partial charge on any atom is -0.481 e. The van der Waals surface area contributed by atoms with Gasteiger partial charge in [-0.15, -0.1) is 0 Å². The lowest BCUT2D eigenvalue weighted by molar-refractivity contribution is -0.137. The third-order valence-electron chi connectivity index (χ3n) is 6.40. The average Bonchev–Trinajstić information content (AvgIpc) is 3.15. The van der Waals surface area contributed by atoms with Gasteiger partial charge >= 0.3 is 12.1 Å². The van der Waals surface area contributed by atoms with Crippen molar-refractivity contribution in [2.24, 2.45) is 5.41 Å². The molecule has 0 aromatic heterocycles. The molecule has 0 radical (unpaired) electrons. The molecule has 0 saturated carbocycles. The molecule has 2 amide bonds. The Morgan fingerprint density at radius 3 is 2.17 bits per heavy atom. The van der Waals surface area contributed by atoms with Crippen molar-refractivity contribution in [3.05, 3.63) is 59.7 Å². The van der Waals surface area contributed by atoms with Crippen LogP contribution in [0.25, 0.3) is 11.1 Å². The lowest BCUT2D eigenvalue weighted by Gasteiger charge is -2.25. The fourth-order valence-corrected chi connectivity index (χ4v) is 4.35. The molecule has 1 unspecified atom stereocenters. The maximum atomic E-state index is 12.7. The molecule has 0 spiro atoms. The maximum Gasteiger partial charge on any atom is 0.407 e. The summed E-state index contributed by atoms with van der Waals surface area (Å²) < 4.78 is 10.7. The average molecular weight is 483 g/mol. The molecule has 3 N–H and O–H groups in total. The van der Waals surface area contributed by atoms with E-state index < -0.39 is 18.1 Å². The van der Waals surface area contributed by atoms with Gasteiger partial charge in [-0.2, -0.15) is 0 Å². The van der Waals surface area contributed by atoms with Crippen molar-refractivity contribution in [1.82, 2.24) is 10.6 Å². The van der Waals surface area contributed by atoms with Crippen molar-refractivity contribution in [1.29, 1.82) is 0 Å². The summed E-state index contributed by atoms with van der Waals surface area (Å²) in [6, 6.07) is 15.2. The second-order valence-corrected chi connectivity index (χ2v) is 9.58. The number of amides is 2. The predicted octanol–water partition coefficient (Wildman–Crippen LogP) is 3.94. The van der Waals surface area contributed by atoms with Gasteiger partial charge < -0.3 is 25.2 Å². The van der Waals surface area contributed by atoms with Crippen molar-refractivity contribution in [3.63, 3.8) is 0 Å². The van der Waals surface area contributed by atoms with E-state index in [2.05, 4.69) is 22.8 Å². The Bertz CT molecular complexity index is 1010. The molecule has 1 aliphatic rings. The first-order valence-corrected chi connectivity index (χ1v) is 11.8. The van der Waals surface area contributed by atoms with E-state index in [9.17, 15) is 14.4 Å². The van der Waals surface area contributed by atoms with Crippen LogP contribution in [-0.2, 0) is 19.1 Å².